The Morgan fingerprint density at radius 3 is 2.61 bits per heavy atom. The van der Waals surface area contributed by atoms with Crippen molar-refractivity contribution in [2.24, 2.45) is 0 Å². The first kappa shape index (κ1) is 21.3. The van der Waals surface area contributed by atoms with Crippen LogP contribution in [0.3, 0.4) is 0 Å². The highest BCUT2D eigenvalue weighted by molar-refractivity contribution is 7.89. The molecule has 6 nitrogen and oxygen atoms in total. The Hall–Kier alpha value is -1.44. The van der Waals surface area contributed by atoms with Crippen LogP contribution >= 0.6 is 0 Å². The number of benzene rings is 1. The Morgan fingerprint density at radius 1 is 1.07 bits per heavy atom. The first-order valence-electron chi connectivity index (χ1n) is 10.5. The maximum atomic E-state index is 13.1. The van der Waals surface area contributed by atoms with Gasteiger partial charge in [-0.05, 0) is 43.7 Å². The highest BCUT2D eigenvalue weighted by Gasteiger charge is 2.40. The molecule has 2 saturated heterocycles. The Morgan fingerprint density at radius 2 is 1.86 bits per heavy atom. The number of carbonyl (C=O) groups is 1. The van der Waals surface area contributed by atoms with E-state index < -0.39 is 16.1 Å². The minimum atomic E-state index is -3.33. The molecule has 3 rings (SSSR count). The van der Waals surface area contributed by atoms with Crippen LogP contribution in [-0.2, 0) is 21.4 Å². The van der Waals surface area contributed by atoms with E-state index in [2.05, 4.69) is 36.1 Å². The van der Waals surface area contributed by atoms with Gasteiger partial charge >= 0.3 is 0 Å². The highest BCUT2D eigenvalue weighted by atomic mass is 32.2. The molecule has 0 saturated carbocycles. The van der Waals surface area contributed by atoms with Gasteiger partial charge in [0.15, 0.2) is 0 Å². The summed E-state index contributed by atoms with van der Waals surface area (Å²) in [6.45, 7) is 8.54. The summed E-state index contributed by atoms with van der Waals surface area (Å²) in [4.78, 5) is 17.4. The summed E-state index contributed by atoms with van der Waals surface area (Å²) in [5, 5.41) is 0. The Labute approximate surface area is 169 Å². The summed E-state index contributed by atoms with van der Waals surface area (Å²) >= 11 is 0. The van der Waals surface area contributed by atoms with Gasteiger partial charge in [-0.3, -0.25) is 9.69 Å². The molecule has 0 aliphatic carbocycles. The topological polar surface area (TPSA) is 60.9 Å². The van der Waals surface area contributed by atoms with E-state index in [-0.39, 0.29) is 11.7 Å². The molecule has 156 valence electrons. The molecule has 0 spiro atoms. The van der Waals surface area contributed by atoms with E-state index in [0.29, 0.717) is 32.5 Å². The largest absolute Gasteiger partial charge is 0.340 e. The predicted molar refractivity (Wildman–Crippen MR) is 111 cm³/mol. The van der Waals surface area contributed by atoms with Gasteiger partial charge in [0, 0.05) is 39.3 Å². The third kappa shape index (κ3) is 4.93. The molecule has 0 bridgehead atoms. The molecule has 2 heterocycles. The molecular formula is C21H33N3O3S. The van der Waals surface area contributed by atoms with E-state index >= 15 is 0 Å². The van der Waals surface area contributed by atoms with Crippen molar-refractivity contribution in [3.05, 3.63) is 35.4 Å². The van der Waals surface area contributed by atoms with Crippen LogP contribution in [0.1, 0.15) is 43.7 Å². The lowest BCUT2D eigenvalue weighted by Crippen LogP contribution is -2.49. The molecule has 1 unspecified atom stereocenters. The summed E-state index contributed by atoms with van der Waals surface area (Å²) in [7, 11) is -3.33. The second kappa shape index (κ2) is 9.37. The zero-order valence-electron chi connectivity index (χ0n) is 17.1. The van der Waals surface area contributed by atoms with E-state index in [4.69, 9.17) is 0 Å². The number of aryl methyl sites for hydroxylation is 1. The van der Waals surface area contributed by atoms with Crippen LogP contribution in [0.5, 0.6) is 0 Å². The lowest BCUT2D eigenvalue weighted by Gasteiger charge is -2.29. The molecule has 1 aromatic rings. The van der Waals surface area contributed by atoms with Crippen LogP contribution in [0, 0.1) is 6.92 Å². The van der Waals surface area contributed by atoms with Crippen molar-refractivity contribution in [1.82, 2.24) is 14.1 Å². The van der Waals surface area contributed by atoms with E-state index in [1.54, 1.807) is 0 Å². The summed E-state index contributed by atoms with van der Waals surface area (Å²) in [6.07, 6.45) is 2.92. The molecule has 1 amide bonds. The quantitative estimate of drug-likeness (QED) is 0.726. The lowest BCUT2D eigenvalue weighted by molar-refractivity contribution is -0.134. The fourth-order valence-electron chi connectivity index (χ4n) is 4.28. The molecule has 2 aliphatic heterocycles. The van der Waals surface area contributed by atoms with Gasteiger partial charge in [-0.1, -0.05) is 31.2 Å². The monoisotopic (exact) mass is 407 g/mol. The van der Waals surface area contributed by atoms with Gasteiger partial charge in [0.1, 0.15) is 6.04 Å². The van der Waals surface area contributed by atoms with Gasteiger partial charge in [0.05, 0.1) is 5.75 Å². The van der Waals surface area contributed by atoms with Crippen molar-refractivity contribution in [2.45, 2.75) is 52.1 Å². The standard InChI is InChI=1S/C21H33N3O3S/c1-3-16-28(26,27)24-13-6-10-20(24)21(25)23-12-7-11-22(14-15-23)17-19-9-5-4-8-18(19)2/h4-5,8-9,20H,3,6-7,10-17H2,1-2H3. The smallest absolute Gasteiger partial charge is 0.241 e. The third-order valence-corrected chi connectivity index (χ3v) is 7.94. The normalized spacial score (nSPS) is 22.4. The zero-order chi connectivity index (χ0) is 20.1. The molecular weight excluding hydrogens is 374 g/mol. The fourth-order valence-corrected chi connectivity index (χ4v) is 6.02. The van der Waals surface area contributed by atoms with Gasteiger partial charge in [0.2, 0.25) is 15.9 Å². The van der Waals surface area contributed by atoms with Gasteiger partial charge in [0.25, 0.3) is 0 Å². The Bertz CT molecular complexity index is 781. The van der Waals surface area contributed by atoms with Gasteiger partial charge in [-0.15, -0.1) is 0 Å². The molecule has 1 atom stereocenters. The Kier molecular flexibility index (Phi) is 7.12. The molecule has 2 aliphatic rings. The zero-order valence-corrected chi connectivity index (χ0v) is 18.0. The average molecular weight is 408 g/mol. The van der Waals surface area contributed by atoms with Crippen LogP contribution in [0.15, 0.2) is 24.3 Å². The molecule has 0 aromatic heterocycles. The van der Waals surface area contributed by atoms with Crippen LogP contribution < -0.4 is 0 Å². The van der Waals surface area contributed by atoms with Crippen LogP contribution in [-0.4, -0.2) is 72.9 Å². The minimum absolute atomic E-state index is 0.00470. The van der Waals surface area contributed by atoms with Gasteiger partial charge < -0.3 is 4.90 Å². The average Bonchev–Trinajstić information content (AvgIpc) is 3.05. The lowest BCUT2D eigenvalue weighted by atomic mass is 10.1. The van der Waals surface area contributed by atoms with Crippen LogP contribution in [0.25, 0.3) is 0 Å². The second-order valence-corrected chi connectivity index (χ2v) is 10.0. The van der Waals surface area contributed by atoms with E-state index in [1.165, 1.54) is 15.4 Å². The number of carbonyl (C=O) groups excluding carboxylic acids is 1. The van der Waals surface area contributed by atoms with E-state index in [0.717, 1.165) is 32.5 Å². The van der Waals surface area contributed by atoms with E-state index in [9.17, 15) is 13.2 Å². The summed E-state index contributed by atoms with van der Waals surface area (Å²) in [5.74, 6) is 0.121. The first-order chi connectivity index (χ1) is 13.4. The maximum absolute atomic E-state index is 13.1. The second-order valence-electron chi connectivity index (χ2n) is 7.97. The highest BCUT2D eigenvalue weighted by Crippen LogP contribution is 2.24. The van der Waals surface area contributed by atoms with Crippen LogP contribution in [0.2, 0.25) is 0 Å². The molecule has 28 heavy (non-hydrogen) atoms. The van der Waals surface area contributed by atoms with E-state index in [1.807, 2.05) is 11.8 Å². The number of rotatable bonds is 6. The maximum Gasteiger partial charge on any atom is 0.241 e. The summed E-state index contributed by atoms with van der Waals surface area (Å²) in [5.41, 5.74) is 2.62. The number of sulfonamides is 1. The minimum Gasteiger partial charge on any atom is -0.340 e. The van der Waals surface area contributed by atoms with Gasteiger partial charge in [-0.2, -0.15) is 4.31 Å². The molecule has 0 N–H and O–H groups in total. The van der Waals surface area contributed by atoms with Crippen molar-refractivity contribution in [3.63, 3.8) is 0 Å². The van der Waals surface area contributed by atoms with Crippen LogP contribution in [0.4, 0.5) is 0 Å². The van der Waals surface area contributed by atoms with Crippen molar-refractivity contribution in [1.29, 1.82) is 0 Å². The van der Waals surface area contributed by atoms with Crippen molar-refractivity contribution in [3.8, 4) is 0 Å². The molecule has 1 aromatic carbocycles. The van der Waals surface area contributed by atoms with Crippen molar-refractivity contribution < 1.29 is 13.2 Å². The summed E-state index contributed by atoms with van der Waals surface area (Å²) < 4.78 is 26.5. The van der Waals surface area contributed by atoms with Crippen molar-refractivity contribution in [2.75, 3.05) is 38.5 Å². The third-order valence-electron chi connectivity index (χ3n) is 5.86. The molecule has 7 heteroatoms. The number of nitrogens with zero attached hydrogens (tertiary/aromatic N) is 3. The van der Waals surface area contributed by atoms with Gasteiger partial charge in [-0.25, -0.2) is 8.42 Å². The predicted octanol–water partition coefficient (Wildman–Crippen LogP) is 2.23. The summed E-state index contributed by atoms with van der Waals surface area (Å²) in [6, 6.07) is 7.93. The number of hydrogen-bond donors (Lipinski definition) is 0. The number of hydrogen-bond acceptors (Lipinski definition) is 4. The molecule has 2 fully saturated rings. The SMILES string of the molecule is CCCS(=O)(=O)N1CCCC1C(=O)N1CCCN(Cc2ccccc2C)CC1. The fraction of sp³-hybridized carbons (Fsp3) is 0.667. The first-order valence-corrected chi connectivity index (χ1v) is 12.1. The number of amides is 1. The van der Waals surface area contributed by atoms with Crippen molar-refractivity contribution >= 4 is 15.9 Å². The molecule has 0 radical (unpaired) electrons. The Balaban J connectivity index is 1.62.